The third-order valence-corrected chi connectivity index (χ3v) is 2.50. The van der Waals surface area contributed by atoms with E-state index < -0.39 is 30.4 Å². The van der Waals surface area contributed by atoms with E-state index in [2.05, 4.69) is 5.32 Å². The van der Waals surface area contributed by atoms with E-state index in [1.165, 1.54) is 31.3 Å². The van der Waals surface area contributed by atoms with E-state index in [-0.39, 0.29) is 5.75 Å². The first-order chi connectivity index (χ1) is 9.31. The standard InChI is InChI=1S/C12H14N2O6/c1-14(7-3-2-4-8(15)5-7)12(20)13-9(11(18)19)6-10(16)17/h2-5,9,15H,6H2,1H3,(H,13,20)(H,16,17)(H,18,19). The van der Waals surface area contributed by atoms with Crippen LogP contribution in [0.25, 0.3) is 0 Å². The van der Waals surface area contributed by atoms with Crippen molar-refractivity contribution in [3.63, 3.8) is 0 Å². The molecule has 0 saturated carbocycles. The summed E-state index contributed by atoms with van der Waals surface area (Å²) in [5.41, 5.74) is 0.335. The Labute approximate surface area is 114 Å². The van der Waals surface area contributed by atoms with E-state index in [4.69, 9.17) is 10.2 Å². The van der Waals surface area contributed by atoms with E-state index in [1.54, 1.807) is 0 Å². The Bertz CT molecular complexity index is 530. The topological polar surface area (TPSA) is 127 Å². The van der Waals surface area contributed by atoms with Crippen molar-refractivity contribution in [1.82, 2.24) is 5.32 Å². The van der Waals surface area contributed by atoms with Crippen molar-refractivity contribution in [2.24, 2.45) is 0 Å². The second-order valence-electron chi connectivity index (χ2n) is 4.02. The fourth-order valence-corrected chi connectivity index (χ4v) is 1.44. The second-order valence-corrected chi connectivity index (χ2v) is 4.02. The first-order valence-electron chi connectivity index (χ1n) is 5.59. The van der Waals surface area contributed by atoms with Gasteiger partial charge in [0.05, 0.1) is 6.42 Å². The summed E-state index contributed by atoms with van der Waals surface area (Å²) in [5, 5.41) is 28.8. The Morgan fingerprint density at radius 1 is 1.30 bits per heavy atom. The van der Waals surface area contributed by atoms with Gasteiger partial charge in [-0.3, -0.25) is 9.69 Å². The van der Waals surface area contributed by atoms with Crippen molar-refractivity contribution < 1.29 is 29.7 Å². The van der Waals surface area contributed by atoms with Gasteiger partial charge in [-0.2, -0.15) is 0 Å². The molecule has 0 heterocycles. The van der Waals surface area contributed by atoms with Crippen molar-refractivity contribution in [3.05, 3.63) is 24.3 Å². The van der Waals surface area contributed by atoms with Crippen LogP contribution in [0, 0.1) is 0 Å². The van der Waals surface area contributed by atoms with E-state index in [9.17, 15) is 19.5 Å². The predicted molar refractivity (Wildman–Crippen MR) is 68.7 cm³/mol. The summed E-state index contributed by atoms with van der Waals surface area (Å²) in [4.78, 5) is 34.3. The highest BCUT2D eigenvalue weighted by molar-refractivity contribution is 5.95. The first-order valence-corrected chi connectivity index (χ1v) is 5.59. The fourth-order valence-electron chi connectivity index (χ4n) is 1.44. The lowest BCUT2D eigenvalue weighted by atomic mass is 10.2. The molecule has 0 saturated heterocycles. The number of nitrogens with zero attached hydrogens (tertiary/aromatic N) is 1. The lowest BCUT2D eigenvalue weighted by Gasteiger charge is -2.20. The summed E-state index contributed by atoms with van der Waals surface area (Å²) in [5.74, 6) is -2.83. The number of aromatic hydroxyl groups is 1. The molecular formula is C12H14N2O6. The highest BCUT2D eigenvalue weighted by Crippen LogP contribution is 2.18. The van der Waals surface area contributed by atoms with Crippen LogP contribution in [0.3, 0.4) is 0 Å². The fraction of sp³-hybridized carbons (Fsp3) is 0.250. The molecule has 0 aliphatic carbocycles. The number of benzene rings is 1. The summed E-state index contributed by atoms with van der Waals surface area (Å²) < 4.78 is 0. The van der Waals surface area contributed by atoms with Crippen molar-refractivity contribution in [2.45, 2.75) is 12.5 Å². The number of rotatable bonds is 5. The minimum absolute atomic E-state index is 0.0533. The van der Waals surface area contributed by atoms with Crippen LogP contribution >= 0.6 is 0 Å². The number of carboxylic acids is 2. The molecule has 1 unspecified atom stereocenters. The van der Waals surface area contributed by atoms with Crippen molar-refractivity contribution in [1.29, 1.82) is 0 Å². The Balaban J connectivity index is 2.78. The molecule has 0 aliphatic rings. The Hall–Kier alpha value is -2.77. The van der Waals surface area contributed by atoms with Crippen LogP contribution in [-0.2, 0) is 9.59 Å². The Morgan fingerprint density at radius 2 is 1.95 bits per heavy atom. The molecule has 0 aromatic heterocycles. The number of carboxylic acid groups (broad SMARTS) is 2. The van der Waals surface area contributed by atoms with Gasteiger partial charge >= 0.3 is 18.0 Å². The molecule has 1 atom stereocenters. The average molecular weight is 282 g/mol. The molecule has 0 aliphatic heterocycles. The van der Waals surface area contributed by atoms with Crippen molar-refractivity contribution >= 4 is 23.7 Å². The number of phenols is 1. The molecule has 0 radical (unpaired) electrons. The van der Waals surface area contributed by atoms with Gasteiger partial charge in [-0.05, 0) is 12.1 Å². The SMILES string of the molecule is CN(C(=O)NC(CC(=O)O)C(=O)O)c1cccc(O)c1. The largest absolute Gasteiger partial charge is 0.508 e. The minimum Gasteiger partial charge on any atom is -0.508 e. The van der Waals surface area contributed by atoms with Gasteiger partial charge in [0.15, 0.2) is 0 Å². The molecule has 108 valence electrons. The summed E-state index contributed by atoms with van der Waals surface area (Å²) in [6, 6.07) is 3.46. The molecule has 8 nitrogen and oxygen atoms in total. The van der Waals surface area contributed by atoms with Gasteiger partial charge in [0.1, 0.15) is 11.8 Å². The lowest BCUT2D eigenvalue weighted by Crippen LogP contribution is -2.47. The molecule has 1 aromatic carbocycles. The second kappa shape index (κ2) is 6.41. The molecular weight excluding hydrogens is 268 g/mol. The number of phenolic OH excluding ortho intramolecular Hbond substituents is 1. The van der Waals surface area contributed by atoms with E-state index in [0.717, 1.165) is 4.90 Å². The number of urea groups is 1. The number of hydrogen-bond acceptors (Lipinski definition) is 4. The number of carbonyl (C=O) groups excluding carboxylic acids is 1. The monoisotopic (exact) mass is 282 g/mol. The number of aliphatic carboxylic acids is 2. The van der Waals surface area contributed by atoms with Crippen molar-refractivity contribution in [3.8, 4) is 5.75 Å². The maximum absolute atomic E-state index is 11.8. The summed E-state index contributed by atoms with van der Waals surface area (Å²) in [7, 11) is 1.36. The number of nitrogens with one attached hydrogen (secondary N) is 1. The zero-order valence-corrected chi connectivity index (χ0v) is 10.6. The first kappa shape index (κ1) is 15.3. The smallest absolute Gasteiger partial charge is 0.326 e. The molecule has 8 heteroatoms. The van der Waals surface area contributed by atoms with Crippen LogP contribution in [0.2, 0.25) is 0 Å². The van der Waals surface area contributed by atoms with E-state index >= 15 is 0 Å². The predicted octanol–water partition coefficient (Wildman–Crippen LogP) is 0.466. The van der Waals surface area contributed by atoms with Crippen LogP contribution in [0.1, 0.15) is 6.42 Å². The molecule has 1 rings (SSSR count). The van der Waals surface area contributed by atoms with Gasteiger partial charge < -0.3 is 20.6 Å². The van der Waals surface area contributed by atoms with Crippen molar-refractivity contribution in [2.75, 3.05) is 11.9 Å². The van der Waals surface area contributed by atoms with Crippen LogP contribution < -0.4 is 10.2 Å². The van der Waals surface area contributed by atoms with Gasteiger partial charge in [-0.1, -0.05) is 6.07 Å². The summed E-state index contributed by atoms with van der Waals surface area (Å²) in [6.45, 7) is 0. The molecule has 0 fully saturated rings. The molecule has 0 spiro atoms. The zero-order chi connectivity index (χ0) is 15.3. The molecule has 4 N–H and O–H groups in total. The van der Waals surface area contributed by atoms with E-state index in [0.29, 0.717) is 5.69 Å². The quantitative estimate of drug-likeness (QED) is 0.621. The van der Waals surface area contributed by atoms with Gasteiger partial charge in [0, 0.05) is 18.8 Å². The Morgan fingerprint density at radius 3 is 2.45 bits per heavy atom. The Kier molecular flexibility index (Phi) is 4.90. The van der Waals surface area contributed by atoms with Crippen LogP contribution in [0.15, 0.2) is 24.3 Å². The highest BCUT2D eigenvalue weighted by atomic mass is 16.4. The summed E-state index contributed by atoms with van der Waals surface area (Å²) in [6.07, 6.45) is -0.727. The van der Waals surface area contributed by atoms with E-state index in [1.807, 2.05) is 0 Å². The minimum atomic E-state index is -1.53. The molecule has 20 heavy (non-hydrogen) atoms. The summed E-state index contributed by atoms with van der Waals surface area (Å²) >= 11 is 0. The molecule has 2 amide bonds. The molecule has 0 bridgehead atoms. The van der Waals surface area contributed by atoms with Gasteiger partial charge in [-0.15, -0.1) is 0 Å². The maximum atomic E-state index is 11.8. The normalized spacial score (nSPS) is 11.4. The van der Waals surface area contributed by atoms with Gasteiger partial charge in [0.25, 0.3) is 0 Å². The maximum Gasteiger partial charge on any atom is 0.326 e. The van der Waals surface area contributed by atoms with Crippen LogP contribution in [0.4, 0.5) is 10.5 Å². The van der Waals surface area contributed by atoms with Gasteiger partial charge in [-0.25, -0.2) is 9.59 Å². The third-order valence-electron chi connectivity index (χ3n) is 2.50. The van der Waals surface area contributed by atoms with Gasteiger partial charge in [0.2, 0.25) is 0 Å². The third kappa shape index (κ3) is 4.16. The number of amides is 2. The zero-order valence-electron chi connectivity index (χ0n) is 10.6. The molecule has 1 aromatic rings. The highest BCUT2D eigenvalue weighted by Gasteiger charge is 2.24. The van der Waals surface area contributed by atoms with Crippen LogP contribution in [0.5, 0.6) is 5.75 Å². The number of hydrogen-bond donors (Lipinski definition) is 4. The average Bonchev–Trinajstić information content (AvgIpc) is 2.36. The van der Waals surface area contributed by atoms with Crippen LogP contribution in [-0.4, -0.2) is 46.4 Å². The number of anilines is 1. The number of carbonyl (C=O) groups is 3. The lowest BCUT2D eigenvalue weighted by molar-refractivity contribution is -0.145.